The molecule has 1 spiro atoms. The molecule has 4 heteroatoms. The van der Waals surface area contributed by atoms with Crippen LogP contribution in [-0.2, 0) is 16.8 Å². The normalized spacial score (nSPS) is 17.3. The van der Waals surface area contributed by atoms with E-state index in [-0.39, 0.29) is 11.8 Å². The summed E-state index contributed by atoms with van der Waals surface area (Å²) >= 11 is 6.02. The van der Waals surface area contributed by atoms with Crippen LogP contribution in [0.25, 0.3) is 0 Å². The Balaban J connectivity index is 1.57. The summed E-state index contributed by atoms with van der Waals surface area (Å²) in [4.78, 5) is 13.1. The van der Waals surface area contributed by atoms with Gasteiger partial charge in [0.2, 0.25) is 0 Å². The summed E-state index contributed by atoms with van der Waals surface area (Å²) in [6.45, 7) is 2.40. The fraction of sp³-hybridized carbons (Fsp3) is 0.318. The Hall–Kier alpha value is -2.28. The number of rotatable bonds is 3. The molecule has 2 aliphatic rings. The van der Waals surface area contributed by atoms with Gasteiger partial charge in [0.25, 0.3) is 0 Å². The summed E-state index contributed by atoms with van der Waals surface area (Å²) in [6.07, 6.45) is 2.55. The summed E-state index contributed by atoms with van der Waals surface area (Å²) in [5, 5.41) is 9.64. The van der Waals surface area contributed by atoms with Crippen molar-refractivity contribution in [2.45, 2.75) is 31.2 Å². The van der Waals surface area contributed by atoms with E-state index in [1.165, 1.54) is 24.0 Å². The Kier molecular flexibility index (Phi) is 4.48. The lowest BCUT2D eigenvalue weighted by molar-refractivity contribution is -0.137. The molecule has 1 aliphatic carbocycles. The lowest BCUT2D eigenvalue weighted by atomic mass is 9.85. The van der Waals surface area contributed by atoms with Crippen LogP contribution >= 0.6 is 11.6 Å². The van der Waals surface area contributed by atoms with Gasteiger partial charge >= 0.3 is 5.97 Å². The Morgan fingerprint density at radius 3 is 2.62 bits per heavy atom. The van der Waals surface area contributed by atoms with Crippen molar-refractivity contribution in [2.24, 2.45) is 0 Å². The van der Waals surface area contributed by atoms with Gasteiger partial charge in [-0.1, -0.05) is 35.6 Å². The number of hydrogen-bond donors (Lipinski definition) is 1. The van der Waals surface area contributed by atoms with Gasteiger partial charge in [-0.3, -0.25) is 9.69 Å². The first-order chi connectivity index (χ1) is 12.5. The number of carboxylic acids is 1. The zero-order chi connectivity index (χ0) is 18.1. The third kappa shape index (κ3) is 3.62. The second-order valence-corrected chi connectivity index (χ2v) is 7.70. The molecule has 1 N–H and O–H groups in total. The van der Waals surface area contributed by atoms with E-state index in [1.807, 2.05) is 24.3 Å². The second kappa shape index (κ2) is 6.79. The molecular weight excluding hydrogens is 346 g/mol. The van der Waals surface area contributed by atoms with Crippen LogP contribution in [0.5, 0.6) is 0 Å². The maximum atomic E-state index is 10.9. The fourth-order valence-electron chi connectivity index (χ4n) is 3.80. The highest BCUT2D eigenvalue weighted by molar-refractivity contribution is 6.30. The van der Waals surface area contributed by atoms with Crippen molar-refractivity contribution in [3.63, 3.8) is 0 Å². The number of benzene rings is 2. The molecule has 4 rings (SSSR count). The molecule has 0 radical (unpaired) electrons. The maximum Gasteiger partial charge on any atom is 0.304 e. The highest BCUT2D eigenvalue weighted by atomic mass is 35.5. The van der Waals surface area contributed by atoms with Crippen LogP contribution in [0.15, 0.2) is 42.5 Å². The minimum atomic E-state index is -0.729. The van der Waals surface area contributed by atoms with Crippen molar-refractivity contribution in [1.29, 1.82) is 0 Å². The fourth-order valence-corrected chi connectivity index (χ4v) is 3.99. The van der Waals surface area contributed by atoms with E-state index in [0.29, 0.717) is 11.6 Å². The summed E-state index contributed by atoms with van der Waals surface area (Å²) in [7, 11) is 0. The number of halogens is 1. The lowest BCUT2D eigenvalue weighted by Gasteiger charge is -2.35. The average Bonchev–Trinajstić information content (AvgIpc) is 3.38. The molecule has 0 saturated heterocycles. The third-order valence-electron chi connectivity index (χ3n) is 5.27. The van der Waals surface area contributed by atoms with E-state index in [9.17, 15) is 4.79 Å². The van der Waals surface area contributed by atoms with E-state index < -0.39 is 5.97 Å². The molecule has 132 valence electrons. The van der Waals surface area contributed by atoms with Gasteiger partial charge in [0.1, 0.15) is 0 Å². The van der Waals surface area contributed by atoms with Crippen LogP contribution in [0.3, 0.4) is 0 Å². The van der Waals surface area contributed by atoms with Gasteiger partial charge in [-0.25, -0.2) is 0 Å². The monoisotopic (exact) mass is 365 g/mol. The van der Waals surface area contributed by atoms with Crippen LogP contribution in [0.4, 0.5) is 0 Å². The SMILES string of the molecule is O=C(O)CCN1Cc2ccc(C#Cc3cccc(Cl)c3)cc2C2(CC2)C1. The average molecular weight is 366 g/mol. The first-order valence-electron chi connectivity index (χ1n) is 8.89. The van der Waals surface area contributed by atoms with Gasteiger partial charge in [-0.15, -0.1) is 0 Å². The third-order valence-corrected chi connectivity index (χ3v) is 5.51. The summed E-state index contributed by atoms with van der Waals surface area (Å²) in [5.74, 6) is 5.71. The van der Waals surface area contributed by atoms with Crippen LogP contribution in [0, 0.1) is 11.8 Å². The molecule has 1 heterocycles. The number of aliphatic carboxylic acids is 1. The van der Waals surface area contributed by atoms with Crippen molar-refractivity contribution in [2.75, 3.05) is 13.1 Å². The number of fused-ring (bicyclic) bond motifs is 2. The molecule has 1 saturated carbocycles. The van der Waals surface area contributed by atoms with Gasteiger partial charge in [-0.2, -0.15) is 0 Å². The standard InChI is InChI=1S/C22H20ClNO2/c23-19-3-1-2-16(12-19)4-5-17-6-7-18-14-24(11-8-21(25)26)15-22(9-10-22)20(18)13-17/h1-3,6-7,12-13H,8-11,14-15H2,(H,25,26). The topological polar surface area (TPSA) is 40.5 Å². The number of hydrogen-bond acceptors (Lipinski definition) is 2. The minimum absolute atomic E-state index is 0.203. The Morgan fingerprint density at radius 1 is 1.15 bits per heavy atom. The van der Waals surface area contributed by atoms with E-state index >= 15 is 0 Å². The number of carboxylic acid groups (broad SMARTS) is 1. The van der Waals surface area contributed by atoms with Crippen LogP contribution in [-0.4, -0.2) is 29.1 Å². The minimum Gasteiger partial charge on any atom is -0.481 e. The van der Waals surface area contributed by atoms with E-state index in [0.717, 1.165) is 24.2 Å². The molecule has 26 heavy (non-hydrogen) atoms. The quantitative estimate of drug-likeness (QED) is 0.834. The van der Waals surface area contributed by atoms with Gasteiger partial charge in [-0.05, 0) is 54.3 Å². The van der Waals surface area contributed by atoms with E-state index in [2.05, 4.69) is 34.9 Å². The van der Waals surface area contributed by atoms with Gasteiger partial charge in [0.15, 0.2) is 0 Å². The lowest BCUT2D eigenvalue weighted by Crippen LogP contribution is -2.39. The smallest absolute Gasteiger partial charge is 0.304 e. The molecule has 0 unspecified atom stereocenters. The highest BCUT2D eigenvalue weighted by Crippen LogP contribution is 2.52. The molecule has 0 bridgehead atoms. The first kappa shape index (κ1) is 17.1. The Labute approximate surface area is 158 Å². The molecule has 0 amide bonds. The summed E-state index contributed by atoms with van der Waals surface area (Å²) < 4.78 is 0. The van der Waals surface area contributed by atoms with Crippen LogP contribution < -0.4 is 0 Å². The molecular formula is C22H20ClNO2. The Bertz CT molecular complexity index is 921. The summed E-state index contributed by atoms with van der Waals surface area (Å²) in [6, 6.07) is 14.0. The first-order valence-corrected chi connectivity index (χ1v) is 9.27. The van der Waals surface area contributed by atoms with Crippen molar-refractivity contribution < 1.29 is 9.90 Å². The van der Waals surface area contributed by atoms with E-state index in [4.69, 9.17) is 16.7 Å². The maximum absolute atomic E-state index is 10.9. The van der Waals surface area contributed by atoms with Gasteiger partial charge in [0.05, 0.1) is 6.42 Å². The van der Waals surface area contributed by atoms with Crippen LogP contribution in [0.2, 0.25) is 5.02 Å². The van der Waals surface area contributed by atoms with Crippen molar-refractivity contribution >= 4 is 17.6 Å². The Morgan fingerprint density at radius 2 is 1.92 bits per heavy atom. The molecule has 1 aliphatic heterocycles. The predicted molar refractivity (Wildman–Crippen MR) is 102 cm³/mol. The number of nitrogens with zero attached hydrogens (tertiary/aromatic N) is 1. The predicted octanol–water partition coefficient (Wildman–Crippen LogP) is 4.06. The molecule has 3 nitrogen and oxygen atoms in total. The molecule has 0 atom stereocenters. The van der Waals surface area contributed by atoms with E-state index in [1.54, 1.807) is 0 Å². The van der Waals surface area contributed by atoms with Crippen LogP contribution in [0.1, 0.15) is 41.5 Å². The second-order valence-electron chi connectivity index (χ2n) is 7.27. The van der Waals surface area contributed by atoms with Gasteiger partial charge < -0.3 is 5.11 Å². The zero-order valence-corrected chi connectivity index (χ0v) is 15.2. The van der Waals surface area contributed by atoms with Crippen molar-refractivity contribution in [3.8, 4) is 11.8 Å². The summed E-state index contributed by atoms with van der Waals surface area (Å²) in [5.41, 5.74) is 4.86. The molecule has 0 aromatic heterocycles. The van der Waals surface area contributed by atoms with Crippen molar-refractivity contribution in [3.05, 3.63) is 69.7 Å². The van der Waals surface area contributed by atoms with Crippen molar-refractivity contribution in [1.82, 2.24) is 4.90 Å². The molecule has 2 aromatic rings. The molecule has 2 aromatic carbocycles. The molecule has 1 fully saturated rings. The van der Waals surface area contributed by atoms with Gasteiger partial charge in [0, 0.05) is 41.2 Å². The number of carbonyl (C=O) groups is 1. The largest absolute Gasteiger partial charge is 0.481 e. The highest BCUT2D eigenvalue weighted by Gasteiger charge is 2.48. The zero-order valence-electron chi connectivity index (χ0n) is 14.5.